The van der Waals surface area contributed by atoms with Crippen molar-refractivity contribution in [1.29, 1.82) is 0 Å². The van der Waals surface area contributed by atoms with Gasteiger partial charge >= 0.3 is 0 Å². The Labute approximate surface area is 115 Å². The van der Waals surface area contributed by atoms with Crippen LogP contribution < -0.4 is 5.32 Å². The van der Waals surface area contributed by atoms with E-state index < -0.39 is 0 Å². The molecule has 0 bridgehead atoms. The first-order valence-electron chi connectivity index (χ1n) is 7.60. The lowest BCUT2D eigenvalue weighted by molar-refractivity contribution is 0.0520. The molecular weight excluding hydrogens is 238 g/mol. The summed E-state index contributed by atoms with van der Waals surface area (Å²) in [4.78, 5) is 0. The zero-order chi connectivity index (χ0) is 13.6. The molecule has 1 aromatic rings. The number of ether oxygens (including phenoxy) is 1. The summed E-state index contributed by atoms with van der Waals surface area (Å²) in [6.45, 7) is 9.93. The average molecular weight is 263 g/mol. The van der Waals surface area contributed by atoms with Crippen LogP contribution in [0, 0.1) is 12.8 Å². The van der Waals surface area contributed by atoms with Gasteiger partial charge < -0.3 is 10.1 Å². The van der Waals surface area contributed by atoms with Crippen LogP contribution in [0.5, 0.6) is 0 Å². The molecule has 1 saturated heterocycles. The lowest BCUT2D eigenvalue weighted by Gasteiger charge is -2.31. The maximum Gasteiger partial charge on any atom is 0.127 e. The van der Waals surface area contributed by atoms with Crippen molar-refractivity contribution in [3.8, 4) is 0 Å². The van der Waals surface area contributed by atoms with Gasteiger partial charge in [-0.1, -0.05) is 13.8 Å². The number of hydrogen-bond donors (Lipinski definition) is 1. The van der Waals surface area contributed by atoms with Crippen LogP contribution in [0.25, 0.3) is 0 Å². The summed E-state index contributed by atoms with van der Waals surface area (Å²) in [6.07, 6.45) is 3.95. The molecule has 4 heteroatoms. The Morgan fingerprint density at radius 1 is 1.37 bits per heavy atom. The van der Waals surface area contributed by atoms with Gasteiger partial charge in [0.2, 0.25) is 0 Å². The van der Waals surface area contributed by atoms with Gasteiger partial charge in [0, 0.05) is 12.1 Å². The van der Waals surface area contributed by atoms with E-state index in [0.717, 1.165) is 31.5 Å². The number of fused-ring (bicyclic) bond motifs is 1. The smallest absolute Gasteiger partial charge is 0.127 e. The monoisotopic (exact) mass is 263 g/mol. The van der Waals surface area contributed by atoms with E-state index in [1.54, 1.807) is 0 Å². The molecule has 3 rings (SSSR count). The molecule has 19 heavy (non-hydrogen) atoms. The van der Waals surface area contributed by atoms with Crippen molar-refractivity contribution in [1.82, 2.24) is 9.78 Å². The lowest BCUT2D eigenvalue weighted by Crippen LogP contribution is -2.31. The van der Waals surface area contributed by atoms with Crippen molar-refractivity contribution >= 4 is 5.82 Å². The van der Waals surface area contributed by atoms with Crippen LogP contribution in [0.1, 0.15) is 63.4 Å². The molecule has 0 spiro atoms. The second kappa shape index (κ2) is 4.82. The number of hydrogen-bond acceptors (Lipinski definition) is 3. The van der Waals surface area contributed by atoms with Gasteiger partial charge in [-0.2, -0.15) is 5.10 Å². The molecule has 1 fully saturated rings. The maximum atomic E-state index is 6.00. The zero-order valence-corrected chi connectivity index (χ0v) is 12.4. The lowest BCUT2D eigenvalue weighted by atomic mass is 9.97. The molecular formula is C15H25N3O. The highest BCUT2D eigenvalue weighted by atomic mass is 16.5. The number of nitrogens with zero attached hydrogens (tertiary/aromatic N) is 2. The zero-order valence-electron chi connectivity index (χ0n) is 12.4. The first-order valence-corrected chi connectivity index (χ1v) is 7.60. The maximum absolute atomic E-state index is 6.00. The Morgan fingerprint density at radius 3 is 2.79 bits per heavy atom. The second-order valence-electron chi connectivity index (χ2n) is 6.15. The van der Waals surface area contributed by atoms with Crippen LogP contribution in [0.2, 0.25) is 0 Å². The predicted octanol–water partition coefficient (Wildman–Crippen LogP) is 3.44. The highest BCUT2D eigenvalue weighted by Gasteiger charge is 2.33. The number of rotatable bonds is 2. The molecule has 2 aliphatic rings. The molecule has 4 unspecified atom stereocenters. The fraction of sp³-hybridized carbons (Fsp3) is 0.800. The van der Waals surface area contributed by atoms with Crippen LogP contribution in [-0.2, 0) is 4.74 Å². The molecule has 4 atom stereocenters. The molecule has 0 aromatic carbocycles. The molecule has 0 amide bonds. The first kappa shape index (κ1) is 13.0. The molecule has 3 heterocycles. The standard InChI is InChI=1S/C15H25N3O/c1-5-12-9(2)8-16-15-11(4)14(17-18(12)15)13-7-6-10(3)19-13/h9-10,12-13,16H,5-8H2,1-4H3. The van der Waals surface area contributed by atoms with E-state index in [-0.39, 0.29) is 6.10 Å². The molecule has 1 aromatic heterocycles. The minimum absolute atomic E-state index is 0.197. The Balaban J connectivity index is 1.96. The van der Waals surface area contributed by atoms with Gasteiger partial charge in [-0.05, 0) is 39.0 Å². The van der Waals surface area contributed by atoms with E-state index in [4.69, 9.17) is 9.84 Å². The Hall–Kier alpha value is -1.03. The van der Waals surface area contributed by atoms with Gasteiger partial charge in [0.15, 0.2) is 0 Å². The highest BCUT2D eigenvalue weighted by Crippen LogP contribution is 2.39. The minimum atomic E-state index is 0.197. The summed E-state index contributed by atoms with van der Waals surface area (Å²) >= 11 is 0. The van der Waals surface area contributed by atoms with E-state index >= 15 is 0 Å². The van der Waals surface area contributed by atoms with Crippen molar-refractivity contribution in [3.63, 3.8) is 0 Å². The predicted molar refractivity (Wildman–Crippen MR) is 76.5 cm³/mol. The average Bonchev–Trinajstić information content (AvgIpc) is 2.94. The molecule has 2 aliphatic heterocycles. The molecule has 0 radical (unpaired) electrons. The van der Waals surface area contributed by atoms with E-state index in [1.165, 1.54) is 11.4 Å². The third-order valence-corrected chi connectivity index (χ3v) is 4.70. The topological polar surface area (TPSA) is 39.1 Å². The summed E-state index contributed by atoms with van der Waals surface area (Å²) in [5, 5.41) is 8.44. The van der Waals surface area contributed by atoms with Crippen LogP contribution in [0.15, 0.2) is 0 Å². The Kier molecular flexibility index (Phi) is 3.29. The summed E-state index contributed by atoms with van der Waals surface area (Å²) in [5.74, 6) is 1.84. The number of nitrogens with one attached hydrogen (secondary N) is 1. The molecule has 0 saturated carbocycles. The molecule has 1 N–H and O–H groups in total. The summed E-state index contributed by atoms with van der Waals surface area (Å²) < 4.78 is 8.21. The fourth-order valence-electron chi connectivity index (χ4n) is 3.51. The molecule has 4 nitrogen and oxygen atoms in total. The van der Waals surface area contributed by atoms with Crippen molar-refractivity contribution in [2.75, 3.05) is 11.9 Å². The summed E-state index contributed by atoms with van der Waals surface area (Å²) in [7, 11) is 0. The SMILES string of the molecule is CCC1C(C)CNc2c(C)c(C3CCC(C)O3)nn21. The van der Waals surface area contributed by atoms with Crippen molar-refractivity contribution < 1.29 is 4.74 Å². The summed E-state index contributed by atoms with van der Waals surface area (Å²) in [6, 6.07) is 0.516. The van der Waals surface area contributed by atoms with Crippen LogP contribution in [0.3, 0.4) is 0 Å². The molecule has 0 aliphatic carbocycles. The van der Waals surface area contributed by atoms with Gasteiger partial charge in [0.1, 0.15) is 11.9 Å². The fourth-order valence-corrected chi connectivity index (χ4v) is 3.51. The van der Waals surface area contributed by atoms with Gasteiger partial charge in [-0.3, -0.25) is 0 Å². The Bertz CT molecular complexity index is 468. The van der Waals surface area contributed by atoms with Crippen molar-refractivity contribution in [2.45, 2.75) is 65.2 Å². The highest BCUT2D eigenvalue weighted by molar-refractivity contribution is 5.49. The van der Waals surface area contributed by atoms with E-state index in [2.05, 4.69) is 37.7 Å². The van der Waals surface area contributed by atoms with Crippen LogP contribution in [-0.4, -0.2) is 22.4 Å². The number of anilines is 1. The third-order valence-electron chi connectivity index (χ3n) is 4.70. The van der Waals surface area contributed by atoms with Crippen molar-refractivity contribution in [3.05, 3.63) is 11.3 Å². The van der Waals surface area contributed by atoms with Crippen molar-refractivity contribution in [2.24, 2.45) is 5.92 Å². The first-order chi connectivity index (χ1) is 9.11. The quantitative estimate of drug-likeness (QED) is 0.888. The minimum Gasteiger partial charge on any atom is -0.370 e. The van der Waals surface area contributed by atoms with Gasteiger partial charge in [-0.15, -0.1) is 0 Å². The third kappa shape index (κ3) is 2.06. The largest absolute Gasteiger partial charge is 0.370 e. The van der Waals surface area contributed by atoms with E-state index in [1.807, 2.05) is 0 Å². The summed E-state index contributed by atoms with van der Waals surface area (Å²) in [5.41, 5.74) is 2.43. The number of aromatic nitrogens is 2. The van der Waals surface area contributed by atoms with E-state index in [0.29, 0.717) is 18.1 Å². The van der Waals surface area contributed by atoms with Gasteiger partial charge in [0.05, 0.1) is 17.8 Å². The van der Waals surface area contributed by atoms with Crippen LogP contribution in [0.4, 0.5) is 5.82 Å². The van der Waals surface area contributed by atoms with Crippen LogP contribution >= 0.6 is 0 Å². The van der Waals surface area contributed by atoms with Gasteiger partial charge in [-0.25, -0.2) is 4.68 Å². The Morgan fingerprint density at radius 2 is 2.16 bits per heavy atom. The normalized spacial score (nSPS) is 34.1. The van der Waals surface area contributed by atoms with Gasteiger partial charge in [0.25, 0.3) is 0 Å². The van der Waals surface area contributed by atoms with E-state index in [9.17, 15) is 0 Å². The molecule has 106 valence electrons. The second-order valence-corrected chi connectivity index (χ2v) is 6.15.